The predicted octanol–water partition coefficient (Wildman–Crippen LogP) is -0.103. The molecule has 0 heterocycles. The average Bonchev–Trinajstić information content (AvgIpc) is 1.86. The molecule has 0 aliphatic rings. The Balaban J connectivity index is 4.24. The van der Waals surface area contributed by atoms with E-state index in [9.17, 15) is 4.79 Å². The lowest BCUT2D eigenvalue weighted by Gasteiger charge is -2.00. The van der Waals surface area contributed by atoms with Gasteiger partial charge in [-0.25, -0.2) is 0 Å². The Morgan fingerprint density at radius 1 is 2.12 bits per heavy atom. The van der Waals surface area contributed by atoms with Crippen molar-refractivity contribution in [3.8, 4) is 0 Å². The monoisotopic (exact) mass is 119 g/mol. The van der Waals surface area contributed by atoms with E-state index in [1.54, 1.807) is 0 Å². The Hall–Kier alpha value is -0.570. The highest BCUT2D eigenvalue weighted by atomic mass is 16.5. The summed E-state index contributed by atoms with van der Waals surface area (Å²) in [6.45, 7) is 1.41. The third-order valence-corrected chi connectivity index (χ3v) is 0.531. The molecule has 0 aromatic heterocycles. The zero-order valence-corrected chi connectivity index (χ0v) is 4.97. The van der Waals surface area contributed by atoms with E-state index in [2.05, 4.69) is 4.74 Å². The summed E-state index contributed by atoms with van der Waals surface area (Å²) < 4.78 is 18.3. The predicted molar refractivity (Wildman–Crippen MR) is 30.3 cm³/mol. The summed E-state index contributed by atoms with van der Waals surface area (Å²) in [4.78, 5) is 10.6. The summed E-state index contributed by atoms with van der Waals surface area (Å²) in [6, 6.07) is -0.847. The number of rotatable bonds is 2. The largest absolute Gasteiger partial charge is 0.469 e. The molecule has 3 heteroatoms. The van der Waals surface area contributed by atoms with Crippen LogP contribution in [0.15, 0.2) is 0 Å². The normalized spacial score (nSPS) is 18.4. The van der Waals surface area contributed by atoms with Gasteiger partial charge in [0.1, 0.15) is 0 Å². The molecule has 0 fully saturated rings. The van der Waals surface area contributed by atoms with E-state index in [1.165, 1.54) is 6.92 Å². The van der Waals surface area contributed by atoms with Crippen LogP contribution in [0.3, 0.4) is 0 Å². The smallest absolute Gasteiger partial charge is 0.307 e. The molecule has 0 aromatic carbocycles. The number of hydrogen-bond acceptors (Lipinski definition) is 3. The standard InChI is InChI=1S/C5H11NO2/c1-4(6)3-5(7)8-2/h4H,3,6H2,1-2H3/t4-/m0/s1/i3D2. The van der Waals surface area contributed by atoms with E-state index in [1.807, 2.05) is 0 Å². The second-order valence-electron chi connectivity index (χ2n) is 1.42. The van der Waals surface area contributed by atoms with Gasteiger partial charge >= 0.3 is 5.97 Å². The maximum Gasteiger partial charge on any atom is 0.307 e. The fraction of sp³-hybridized carbons (Fsp3) is 0.800. The van der Waals surface area contributed by atoms with Crippen LogP contribution in [-0.2, 0) is 9.53 Å². The van der Waals surface area contributed by atoms with Gasteiger partial charge in [0.2, 0.25) is 0 Å². The fourth-order valence-corrected chi connectivity index (χ4v) is 0.245. The molecule has 3 nitrogen and oxygen atoms in total. The van der Waals surface area contributed by atoms with Crippen LogP contribution in [0.5, 0.6) is 0 Å². The number of nitrogens with two attached hydrogens (primary N) is 1. The van der Waals surface area contributed by atoms with Gasteiger partial charge < -0.3 is 10.5 Å². The summed E-state index contributed by atoms with van der Waals surface area (Å²) in [6.07, 6.45) is -2.07. The van der Waals surface area contributed by atoms with Gasteiger partial charge in [-0.3, -0.25) is 4.79 Å². The molecule has 0 aliphatic carbocycles. The van der Waals surface area contributed by atoms with Crippen molar-refractivity contribution in [2.45, 2.75) is 19.3 Å². The van der Waals surface area contributed by atoms with Crippen molar-refractivity contribution in [3.05, 3.63) is 0 Å². The van der Waals surface area contributed by atoms with E-state index in [0.29, 0.717) is 0 Å². The van der Waals surface area contributed by atoms with Crippen molar-refractivity contribution in [3.63, 3.8) is 0 Å². The summed E-state index contributed by atoms with van der Waals surface area (Å²) >= 11 is 0. The first-order chi connectivity index (χ1) is 4.42. The SMILES string of the molecule is [2H]C([2H])(C(=O)OC)[C@H](C)N. The highest BCUT2D eigenvalue weighted by Crippen LogP contribution is 1.86. The van der Waals surface area contributed by atoms with Gasteiger partial charge in [0.15, 0.2) is 0 Å². The molecule has 1 atom stereocenters. The number of carbonyl (C=O) groups is 1. The van der Waals surface area contributed by atoms with Gasteiger partial charge in [0.25, 0.3) is 0 Å². The summed E-state index contributed by atoms with van der Waals surface area (Å²) in [5, 5.41) is 0. The van der Waals surface area contributed by atoms with Crippen LogP contribution in [0, 0.1) is 0 Å². The molecule has 0 rings (SSSR count). The maximum atomic E-state index is 10.6. The molecule has 0 aliphatic heterocycles. The Bertz CT molecular complexity index is 136. The zero-order chi connectivity index (χ0) is 8.36. The van der Waals surface area contributed by atoms with Crippen LogP contribution >= 0.6 is 0 Å². The average molecular weight is 119 g/mol. The molecular weight excluding hydrogens is 106 g/mol. The minimum atomic E-state index is -2.07. The van der Waals surface area contributed by atoms with Crippen LogP contribution in [-0.4, -0.2) is 19.1 Å². The minimum Gasteiger partial charge on any atom is -0.469 e. The topological polar surface area (TPSA) is 52.3 Å². The Morgan fingerprint density at radius 2 is 2.62 bits per heavy atom. The van der Waals surface area contributed by atoms with Crippen molar-refractivity contribution in [1.82, 2.24) is 0 Å². The van der Waals surface area contributed by atoms with Gasteiger partial charge in [-0.2, -0.15) is 0 Å². The number of carbonyl (C=O) groups excluding carboxylic acids is 1. The molecule has 0 radical (unpaired) electrons. The van der Waals surface area contributed by atoms with Crippen molar-refractivity contribution < 1.29 is 12.3 Å². The van der Waals surface area contributed by atoms with Gasteiger partial charge in [-0.05, 0) is 6.92 Å². The van der Waals surface area contributed by atoms with Crippen molar-refractivity contribution >= 4 is 5.97 Å². The molecule has 0 amide bonds. The lowest BCUT2D eigenvalue weighted by molar-refractivity contribution is -0.140. The number of ether oxygens (including phenoxy) is 1. The highest BCUT2D eigenvalue weighted by molar-refractivity contribution is 5.69. The second kappa shape index (κ2) is 3.43. The molecule has 0 unspecified atom stereocenters. The molecule has 0 bridgehead atoms. The number of esters is 1. The highest BCUT2D eigenvalue weighted by Gasteiger charge is 2.01. The lowest BCUT2D eigenvalue weighted by atomic mass is 10.3. The van der Waals surface area contributed by atoms with Crippen molar-refractivity contribution in [2.75, 3.05) is 7.11 Å². The lowest BCUT2D eigenvalue weighted by Crippen LogP contribution is -2.20. The molecule has 0 saturated heterocycles. The molecule has 0 aromatic rings. The van der Waals surface area contributed by atoms with E-state index < -0.39 is 18.4 Å². The molecule has 8 heavy (non-hydrogen) atoms. The van der Waals surface area contributed by atoms with Crippen molar-refractivity contribution in [1.29, 1.82) is 0 Å². The van der Waals surface area contributed by atoms with Gasteiger partial charge in [0.05, 0.1) is 13.5 Å². The first-order valence-corrected chi connectivity index (χ1v) is 2.27. The van der Waals surface area contributed by atoms with E-state index in [-0.39, 0.29) is 0 Å². The van der Waals surface area contributed by atoms with E-state index >= 15 is 0 Å². The van der Waals surface area contributed by atoms with Gasteiger partial charge in [-0.15, -0.1) is 0 Å². The zero-order valence-electron chi connectivity index (χ0n) is 6.97. The van der Waals surface area contributed by atoms with Crippen LogP contribution in [0.25, 0.3) is 0 Å². The molecule has 48 valence electrons. The molecule has 0 saturated carbocycles. The first-order valence-electron chi connectivity index (χ1n) is 3.27. The second-order valence-corrected chi connectivity index (χ2v) is 1.42. The fourth-order valence-electron chi connectivity index (χ4n) is 0.245. The van der Waals surface area contributed by atoms with Gasteiger partial charge in [-0.1, -0.05) is 0 Å². The summed E-state index contributed by atoms with van der Waals surface area (Å²) in [5.74, 6) is -0.928. The number of methoxy groups -OCH3 is 1. The molecule has 0 spiro atoms. The summed E-state index contributed by atoms with van der Waals surface area (Å²) in [7, 11) is 1.13. The summed E-state index contributed by atoms with van der Waals surface area (Å²) in [5.41, 5.74) is 5.17. The Morgan fingerprint density at radius 3 is 2.75 bits per heavy atom. The van der Waals surface area contributed by atoms with E-state index in [0.717, 1.165) is 7.11 Å². The third-order valence-electron chi connectivity index (χ3n) is 0.531. The van der Waals surface area contributed by atoms with Crippen LogP contribution in [0.1, 0.15) is 16.0 Å². The molecule has 2 N–H and O–H groups in total. The van der Waals surface area contributed by atoms with Crippen LogP contribution in [0.2, 0.25) is 0 Å². The number of hydrogen-bond donors (Lipinski definition) is 1. The van der Waals surface area contributed by atoms with Crippen molar-refractivity contribution in [2.24, 2.45) is 5.73 Å². The first kappa shape index (κ1) is 4.32. The van der Waals surface area contributed by atoms with Crippen LogP contribution < -0.4 is 5.73 Å². The third kappa shape index (κ3) is 3.61. The quantitative estimate of drug-likeness (QED) is 0.516. The minimum absolute atomic E-state index is 0.847. The maximum absolute atomic E-state index is 10.6. The Labute approximate surface area is 51.6 Å². The molecular formula is C5H11NO2. The Kier molecular flexibility index (Phi) is 1.86. The van der Waals surface area contributed by atoms with Gasteiger partial charge in [0, 0.05) is 8.78 Å². The van der Waals surface area contributed by atoms with Crippen LogP contribution in [0.4, 0.5) is 0 Å². The van der Waals surface area contributed by atoms with E-state index in [4.69, 9.17) is 8.48 Å².